The maximum atomic E-state index is 11.1. The van der Waals surface area contributed by atoms with Crippen LogP contribution < -0.4 is 10.2 Å². The van der Waals surface area contributed by atoms with Gasteiger partial charge >= 0.3 is 0 Å². The highest BCUT2D eigenvalue weighted by Crippen LogP contribution is 2.21. The SMILES string of the molecule is CC(=O)NC1CCCN(c2ccc(Cl)cc2)C1. The van der Waals surface area contributed by atoms with Crippen molar-refractivity contribution in [1.29, 1.82) is 0 Å². The fraction of sp³-hybridized carbons (Fsp3) is 0.462. The first-order valence-corrected chi connectivity index (χ1v) is 6.30. The van der Waals surface area contributed by atoms with E-state index in [2.05, 4.69) is 10.2 Å². The lowest BCUT2D eigenvalue weighted by Crippen LogP contribution is -2.47. The molecule has 3 nitrogen and oxygen atoms in total. The van der Waals surface area contributed by atoms with Crippen molar-refractivity contribution in [3.8, 4) is 0 Å². The molecule has 1 amide bonds. The van der Waals surface area contributed by atoms with Gasteiger partial charge in [-0.25, -0.2) is 0 Å². The molecule has 0 aromatic heterocycles. The van der Waals surface area contributed by atoms with Crippen molar-refractivity contribution in [1.82, 2.24) is 5.32 Å². The summed E-state index contributed by atoms with van der Waals surface area (Å²) in [5, 5.41) is 3.74. The van der Waals surface area contributed by atoms with Crippen molar-refractivity contribution in [2.45, 2.75) is 25.8 Å². The number of anilines is 1. The van der Waals surface area contributed by atoms with Crippen LogP contribution in [0.5, 0.6) is 0 Å². The van der Waals surface area contributed by atoms with Crippen molar-refractivity contribution in [3.63, 3.8) is 0 Å². The topological polar surface area (TPSA) is 32.3 Å². The molecule has 0 radical (unpaired) electrons. The number of rotatable bonds is 2. The summed E-state index contributed by atoms with van der Waals surface area (Å²) < 4.78 is 0. The number of carbonyl (C=O) groups is 1. The molecule has 0 aliphatic carbocycles. The third-order valence-corrected chi connectivity index (χ3v) is 3.27. The quantitative estimate of drug-likeness (QED) is 0.877. The summed E-state index contributed by atoms with van der Waals surface area (Å²) in [6.45, 7) is 3.49. The van der Waals surface area contributed by atoms with E-state index in [0.29, 0.717) is 0 Å². The second-order valence-electron chi connectivity index (χ2n) is 4.46. The molecule has 1 atom stereocenters. The Morgan fingerprint density at radius 3 is 2.76 bits per heavy atom. The number of nitrogens with one attached hydrogen (secondary N) is 1. The van der Waals surface area contributed by atoms with Crippen LogP contribution in [0.2, 0.25) is 5.02 Å². The van der Waals surface area contributed by atoms with Crippen molar-refractivity contribution in [3.05, 3.63) is 29.3 Å². The van der Waals surface area contributed by atoms with Crippen LogP contribution in [-0.4, -0.2) is 25.0 Å². The first kappa shape index (κ1) is 12.2. The summed E-state index contributed by atoms with van der Waals surface area (Å²) in [5.74, 6) is 0.0490. The van der Waals surface area contributed by atoms with Gasteiger partial charge in [-0.15, -0.1) is 0 Å². The zero-order valence-corrected chi connectivity index (χ0v) is 10.7. The third kappa shape index (κ3) is 3.37. The molecular formula is C13H17ClN2O. The van der Waals surface area contributed by atoms with Gasteiger partial charge in [0.05, 0.1) is 0 Å². The van der Waals surface area contributed by atoms with Crippen LogP contribution in [0.4, 0.5) is 5.69 Å². The first-order chi connectivity index (χ1) is 8.15. The van der Waals surface area contributed by atoms with E-state index in [0.717, 1.165) is 31.0 Å². The van der Waals surface area contributed by atoms with Gasteiger partial charge in [0.2, 0.25) is 5.91 Å². The molecule has 0 saturated carbocycles. The van der Waals surface area contributed by atoms with E-state index in [1.54, 1.807) is 6.92 Å². The average molecular weight is 253 g/mol. The van der Waals surface area contributed by atoms with Crippen LogP contribution in [0.15, 0.2) is 24.3 Å². The zero-order valence-electron chi connectivity index (χ0n) is 9.95. The highest BCUT2D eigenvalue weighted by atomic mass is 35.5. The highest BCUT2D eigenvalue weighted by Gasteiger charge is 2.20. The maximum Gasteiger partial charge on any atom is 0.217 e. The number of halogens is 1. The Morgan fingerprint density at radius 1 is 1.41 bits per heavy atom. The molecule has 1 aromatic rings. The van der Waals surface area contributed by atoms with E-state index in [1.807, 2.05) is 24.3 Å². The fourth-order valence-corrected chi connectivity index (χ4v) is 2.39. The van der Waals surface area contributed by atoms with Gasteiger partial charge in [-0.3, -0.25) is 4.79 Å². The molecule has 1 unspecified atom stereocenters. The van der Waals surface area contributed by atoms with Crippen molar-refractivity contribution >= 4 is 23.2 Å². The molecule has 1 fully saturated rings. The molecule has 1 aliphatic heterocycles. The number of benzene rings is 1. The average Bonchev–Trinajstić information content (AvgIpc) is 2.29. The van der Waals surface area contributed by atoms with Crippen LogP contribution in [0.3, 0.4) is 0 Å². The number of hydrogen-bond donors (Lipinski definition) is 1. The van der Waals surface area contributed by atoms with E-state index < -0.39 is 0 Å². The Labute approximate surface area is 107 Å². The monoisotopic (exact) mass is 252 g/mol. The van der Waals surface area contributed by atoms with E-state index in [4.69, 9.17) is 11.6 Å². The van der Waals surface area contributed by atoms with Crippen LogP contribution in [0, 0.1) is 0 Å². The van der Waals surface area contributed by atoms with Crippen molar-refractivity contribution < 1.29 is 4.79 Å². The minimum Gasteiger partial charge on any atom is -0.369 e. The number of hydrogen-bond acceptors (Lipinski definition) is 2. The van der Waals surface area contributed by atoms with Gasteiger partial charge in [0.25, 0.3) is 0 Å². The molecule has 1 aromatic carbocycles. The Kier molecular flexibility index (Phi) is 3.89. The van der Waals surface area contributed by atoms with Gasteiger partial charge in [-0.2, -0.15) is 0 Å². The number of amides is 1. The Bertz CT molecular complexity index is 391. The van der Waals surface area contributed by atoms with Crippen LogP contribution in [0.25, 0.3) is 0 Å². The summed E-state index contributed by atoms with van der Waals surface area (Å²) in [6.07, 6.45) is 2.16. The Morgan fingerprint density at radius 2 is 2.12 bits per heavy atom. The summed E-state index contributed by atoms with van der Waals surface area (Å²) in [4.78, 5) is 13.3. The zero-order chi connectivity index (χ0) is 12.3. The summed E-state index contributed by atoms with van der Waals surface area (Å²) in [6, 6.07) is 8.12. The number of carbonyl (C=O) groups excluding carboxylic acids is 1. The lowest BCUT2D eigenvalue weighted by molar-refractivity contribution is -0.119. The van der Waals surface area contributed by atoms with Crippen LogP contribution >= 0.6 is 11.6 Å². The number of piperidine rings is 1. The summed E-state index contributed by atoms with van der Waals surface area (Å²) in [7, 11) is 0. The van der Waals surface area contributed by atoms with E-state index >= 15 is 0 Å². The molecule has 1 saturated heterocycles. The second kappa shape index (κ2) is 5.41. The normalized spacial score (nSPS) is 20.1. The molecule has 1 N–H and O–H groups in total. The van der Waals surface area contributed by atoms with Gasteiger partial charge in [-0.05, 0) is 37.1 Å². The molecule has 0 bridgehead atoms. The van der Waals surface area contributed by atoms with Crippen LogP contribution in [0.1, 0.15) is 19.8 Å². The molecule has 92 valence electrons. The molecule has 4 heteroatoms. The van der Waals surface area contributed by atoms with Crippen molar-refractivity contribution in [2.75, 3.05) is 18.0 Å². The lowest BCUT2D eigenvalue weighted by Gasteiger charge is -2.34. The van der Waals surface area contributed by atoms with Gasteiger partial charge in [0.15, 0.2) is 0 Å². The molecular weight excluding hydrogens is 236 g/mol. The number of nitrogens with zero attached hydrogens (tertiary/aromatic N) is 1. The van der Waals surface area contributed by atoms with Gasteiger partial charge in [-0.1, -0.05) is 11.6 Å². The molecule has 1 aliphatic rings. The summed E-state index contributed by atoms with van der Waals surface area (Å²) in [5.41, 5.74) is 1.17. The molecule has 0 spiro atoms. The second-order valence-corrected chi connectivity index (χ2v) is 4.90. The molecule has 2 rings (SSSR count). The Hall–Kier alpha value is -1.22. The maximum absolute atomic E-state index is 11.1. The largest absolute Gasteiger partial charge is 0.369 e. The minimum absolute atomic E-state index is 0.0490. The van der Waals surface area contributed by atoms with Crippen LogP contribution in [-0.2, 0) is 4.79 Å². The summed E-state index contributed by atoms with van der Waals surface area (Å²) >= 11 is 5.87. The molecule has 1 heterocycles. The van der Waals surface area contributed by atoms with Gasteiger partial charge < -0.3 is 10.2 Å². The van der Waals surface area contributed by atoms with Gasteiger partial charge in [0.1, 0.15) is 0 Å². The minimum atomic E-state index is 0.0490. The standard InChI is InChI=1S/C13H17ClN2O/c1-10(17)15-12-3-2-8-16(9-12)13-6-4-11(14)5-7-13/h4-7,12H,2-3,8-9H2,1H3,(H,15,17). The lowest BCUT2D eigenvalue weighted by atomic mass is 10.0. The van der Waals surface area contributed by atoms with E-state index in [1.165, 1.54) is 5.69 Å². The fourth-order valence-electron chi connectivity index (χ4n) is 2.27. The molecule has 17 heavy (non-hydrogen) atoms. The third-order valence-electron chi connectivity index (χ3n) is 3.02. The van der Waals surface area contributed by atoms with Crippen molar-refractivity contribution in [2.24, 2.45) is 0 Å². The smallest absolute Gasteiger partial charge is 0.217 e. The van der Waals surface area contributed by atoms with E-state index in [-0.39, 0.29) is 11.9 Å². The predicted molar refractivity (Wildman–Crippen MR) is 70.5 cm³/mol. The predicted octanol–water partition coefficient (Wildman–Crippen LogP) is 2.44. The first-order valence-electron chi connectivity index (χ1n) is 5.93. The van der Waals surface area contributed by atoms with Gasteiger partial charge in [0, 0.05) is 36.8 Å². The highest BCUT2D eigenvalue weighted by molar-refractivity contribution is 6.30. The van der Waals surface area contributed by atoms with E-state index in [9.17, 15) is 4.79 Å². The Balaban J connectivity index is 2.01.